The second-order valence-corrected chi connectivity index (χ2v) is 9.37. The van der Waals surface area contributed by atoms with Crippen molar-refractivity contribution in [1.29, 1.82) is 0 Å². The molecule has 2 heterocycles. The molecule has 3 aromatic rings. The predicted molar refractivity (Wildman–Crippen MR) is 131 cm³/mol. The lowest BCUT2D eigenvalue weighted by Crippen LogP contribution is -2.44. The molecule has 2 aromatic carbocycles. The van der Waals surface area contributed by atoms with E-state index in [2.05, 4.69) is 16.8 Å². The molecule has 4 rings (SSSR count). The van der Waals surface area contributed by atoms with E-state index in [0.717, 1.165) is 12.3 Å². The lowest BCUT2D eigenvalue weighted by molar-refractivity contribution is -0.153. The van der Waals surface area contributed by atoms with Gasteiger partial charge in [-0.1, -0.05) is 11.8 Å². The normalized spacial score (nSPS) is 16.1. The molecule has 1 fully saturated rings. The summed E-state index contributed by atoms with van der Waals surface area (Å²) in [7, 11) is 1.47. The average molecular weight is 531 g/mol. The minimum atomic E-state index is -1.32. The minimum Gasteiger partial charge on any atom is -0.497 e. The van der Waals surface area contributed by atoms with Crippen molar-refractivity contribution in [2.75, 3.05) is 26.7 Å². The highest BCUT2D eigenvalue weighted by atomic mass is 19.2. The van der Waals surface area contributed by atoms with E-state index in [0.29, 0.717) is 35.8 Å². The van der Waals surface area contributed by atoms with Gasteiger partial charge in [0, 0.05) is 30.1 Å². The zero-order valence-corrected chi connectivity index (χ0v) is 20.6. The fourth-order valence-electron chi connectivity index (χ4n) is 4.79. The first-order chi connectivity index (χ1) is 18.1. The van der Waals surface area contributed by atoms with Gasteiger partial charge in [0.2, 0.25) is 0 Å². The van der Waals surface area contributed by atoms with Crippen molar-refractivity contribution in [2.24, 2.45) is 5.41 Å². The predicted octanol–water partition coefficient (Wildman–Crippen LogP) is 4.83. The molecule has 2 N–H and O–H groups in total. The molecule has 1 aliphatic heterocycles. The molecule has 38 heavy (non-hydrogen) atoms. The maximum atomic E-state index is 14.7. The molecule has 0 unspecified atom stereocenters. The summed E-state index contributed by atoms with van der Waals surface area (Å²) in [5, 5.41) is 21.3. The molecule has 6 nitrogen and oxygen atoms in total. The molecular weight excluding hydrogens is 504 g/mol. The van der Waals surface area contributed by atoms with Gasteiger partial charge in [-0.05, 0) is 49.9 Å². The summed E-state index contributed by atoms with van der Waals surface area (Å²) in [6, 6.07) is 6.16. The van der Waals surface area contributed by atoms with Gasteiger partial charge >= 0.3 is 5.97 Å². The minimum absolute atomic E-state index is 0.0176. The number of methoxy groups -OCH3 is 1. The number of carboxylic acid groups (broad SMARTS) is 1. The Kier molecular flexibility index (Phi) is 8.19. The number of carboxylic acids is 1. The SMILES string of the molecule is COc1ccc2ncc(F)c([C@H](O)CCC3(C(=O)O)CCN(CC#Cc4cc(F)cc(F)c4F)CC3)c2c1. The van der Waals surface area contributed by atoms with Crippen LogP contribution < -0.4 is 4.74 Å². The number of ether oxygens (including phenoxy) is 1. The summed E-state index contributed by atoms with van der Waals surface area (Å²) < 4.78 is 60.4. The van der Waals surface area contributed by atoms with E-state index >= 15 is 0 Å². The molecule has 0 spiro atoms. The van der Waals surface area contributed by atoms with Crippen molar-refractivity contribution in [3.05, 3.63) is 70.9 Å². The molecule has 0 saturated carbocycles. The summed E-state index contributed by atoms with van der Waals surface area (Å²) in [4.78, 5) is 18.2. The fourth-order valence-corrected chi connectivity index (χ4v) is 4.79. The Bertz CT molecular complexity index is 1410. The number of benzene rings is 2. The van der Waals surface area contributed by atoms with E-state index in [1.165, 1.54) is 7.11 Å². The zero-order chi connectivity index (χ0) is 27.4. The van der Waals surface area contributed by atoms with Crippen LogP contribution in [0.1, 0.15) is 42.9 Å². The van der Waals surface area contributed by atoms with Crippen LogP contribution in [-0.2, 0) is 4.79 Å². The zero-order valence-electron chi connectivity index (χ0n) is 20.6. The topological polar surface area (TPSA) is 82.9 Å². The highest BCUT2D eigenvalue weighted by molar-refractivity contribution is 5.84. The Morgan fingerprint density at radius 3 is 2.58 bits per heavy atom. The van der Waals surface area contributed by atoms with Gasteiger partial charge in [0.25, 0.3) is 0 Å². The van der Waals surface area contributed by atoms with Gasteiger partial charge in [-0.2, -0.15) is 0 Å². The maximum Gasteiger partial charge on any atom is 0.309 e. The van der Waals surface area contributed by atoms with Gasteiger partial charge in [-0.15, -0.1) is 0 Å². The second-order valence-electron chi connectivity index (χ2n) is 9.37. The van der Waals surface area contributed by atoms with Crippen LogP contribution in [0.2, 0.25) is 0 Å². The van der Waals surface area contributed by atoms with E-state index in [4.69, 9.17) is 4.74 Å². The van der Waals surface area contributed by atoms with E-state index < -0.39 is 40.8 Å². The van der Waals surface area contributed by atoms with E-state index in [1.807, 2.05) is 4.90 Å². The number of fused-ring (bicyclic) bond motifs is 1. The first-order valence-corrected chi connectivity index (χ1v) is 12.0. The molecule has 1 saturated heterocycles. The van der Waals surface area contributed by atoms with Crippen LogP contribution in [-0.4, -0.2) is 52.8 Å². The van der Waals surface area contributed by atoms with E-state index in [1.54, 1.807) is 18.2 Å². The molecule has 1 aliphatic rings. The Hall–Kier alpha value is -3.68. The number of halogens is 4. The Morgan fingerprint density at radius 1 is 1.16 bits per heavy atom. The number of hydrogen-bond acceptors (Lipinski definition) is 5. The highest BCUT2D eigenvalue weighted by Crippen LogP contribution is 2.40. The molecule has 0 aliphatic carbocycles. The van der Waals surface area contributed by atoms with Crippen LogP contribution in [0.5, 0.6) is 5.75 Å². The van der Waals surface area contributed by atoms with Crippen LogP contribution in [0.15, 0.2) is 36.5 Å². The fraction of sp³-hybridized carbons (Fsp3) is 0.357. The Morgan fingerprint density at radius 2 is 1.89 bits per heavy atom. The third-order valence-corrected chi connectivity index (χ3v) is 7.08. The van der Waals surface area contributed by atoms with Crippen LogP contribution in [0.25, 0.3) is 10.9 Å². The largest absolute Gasteiger partial charge is 0.497 e. The van der Waals surface area contributed by atoms with Gasteiger partial charge in [0.15, 0.2) is 11.6 Å². The van der Waals surface area contributed by atoms with Crippen molar-refractivity contribution in [1.82, 2.24) is 9.88 Å². The number of piperidine rings is 1. The number of hydrogen-bond donors (Lipinski definition) is 2. The summed E-state index contributed by atoms with van der Waals surface area (Å²) in [5.41, 5.74) is -0.991. The van der Waals surface area contributed by atoms with Crippen LogP contribution in [0.4, 0.5) is 17.6 Å². The number of aromatic nitrogens is 1. The first kappa shape index (κ1) is 27.4. The van der Waals surface area contributed by atoms with Gasteiger partial charge in [-0.3, -0.25) is 14.7 Å². The first-order valence-electron chi connectivity index (χ1n) is 12.0. The molecule has 1 aromatic heterocycles. The Balaban J connectivity index is 1.42. The molecule has 1 atom stereocenters. The molecule has 10 heteroatoms. The van der Waals surface area contributed by atoms with Gasteiger partial charge < -0.3 is 14.9 Å². The number of nitrogens with zero attached hydrogens (tertiary/aromatic N) is 2. The summed E-state index contributed by atoms with van der Waals surface area (Å²) in [5.74, 6) is 0.414. The number of carbonyl (C=O) groups is 1. The van der Waals surface area contributed by atoms with Crippen molar-refractivity contribution in [3.8, 4) is 17.6 Å². The monoisotopic (exact) mass is 530 g/mol. The van der Waals surface area contributed by atoms with Crippen molar-refractivity contribution in [3.63, 3.8) is 0 Å². The lowest BCUT2D eigenvalue weighted by Gasteiger charge is -2.38. The molecule has 0 radical (unpaired) electrons. The van der Waals surface area contributed by atoms with E-state index in [9.17, 15) is 32.6 Å². The van der Waals surface area contributed by atoms with Gasteiger partial charge in [0.05, 0.1) is 42.5 Å². The van der Waals surface area contributed by atoms with Crippen molar-refractivity contribution in [2.45, 2.75) is 31.8 Å². The summed E-state index contributed by atoms with van der Waals surface area (Å²) >= 11 is 0. The van der Waals surface area contributed by atoms with Crippen LogP contribution in [0, 0.1) is 40.5 Å². The van der Waals surface area contributed by atoms with Crippen molar-refractivity contribution < 1.29 is 37.3 Å². The number of aliphatic hydroxyl groups excluding tert-OH is 1. The number of pyridine rings is 1. The average Bonchev–Trinajstić information content (AvgIpc) is 2.90. The van der Waals surface area contributed by atoms with Crippen LogP contribution in [0.3, 0.4) is 0 Å². The highest BCUT2D eigenvalue weighted by Gasteiger charge is 2.41. The van der Waals surface area contributed by atoms with Gasteiger partial charge in [-0.25, -0.2) is 17.6 Å². The Labute approximate surface area is 216 Å². The molecule has 0 bridgehead atoms. The molecular formula is C28H26F4N2O4. The van der Waals surface area contributed by atoms with Crippen LogP contribution >= 0.6 is 0 Å². The summed E-state index contributed by atoms with van der Waals surface area (Å²) in [6.07, 6.45) is 0.423. The molecule has 0 amide bonds. The smallest absolute Gasteiger partial charge is 0.309 e. The lowest BCUT2D eigenvalue weighted by atomic mass is 9.74. The third-order valence-electron chi connectivity index (χ3n) is 7.08. The quantitative estimate of drug-likeness (QED) is 0.259. The standard InChI is InChI=1S/C28H26F4N2O4/c1-38-19-4-5-23-20(15-19)25(22(31)16-33-23)24(35)6-7-28(27(36)37)8-11-34(12-9-28)10-2-3-17-13-18(29)14-21(30)26(17)32/h4-5,13-16,24,35H,6-12H2,1H3,(H,36,37)/t24-/m1/s1. The molecule has 200 valence electrons. The number of rotatable bonds is 7. The summed E-state index contributed by atoms with van der Waals surface area (Å²) in [6.45, 7) is 0.883. The second kappa shape index (κ2) is 11.4. The number of likely N-dealkylation sites (tertiary alicyclic amines) is 1. The number of aliphatic carboxylic acids is 1. The van der Waals surface area contributed by atoms with E-state index in [-0.39, 0.29) is 43.4 Å². The number of aliphatic hydroxyl groups is 1. The maximum absolute atomic E-state index is 14.7. The van der Waals surface area contributed by atoms with Gasteiger partial charge in [0.1, 0.15) is 17.4 Å². The van der Waals surface area contributed by atoms with Crippen molar-refractivity contribution >= 4 is 16.9 Å². The third kappa shape index (κ3) is 5.74.